The molecule has 2 N–H and O–H groups in total. The molecule has 0 aliphatic carbocycles. The van der Waals surface area contributed by atoms with Gasteiger partial charge in [-0.05, 0) is 64.0 Å². The Morgan fingerprint density at radius 2 is 1.75 bits per heavy atom. The number of methoxy groups -OCH3 is 1. The molecule has 162 valence electrons. The van der Waals surface area contributed by atoms with E-state index in [-0.39, 0.29) is 6.61 Å². The Morgan fingerprint density at radius 1 is 1.07 bits per heavy atom. The third-order valence-corrected chi connectivity index (χ3v) is 6.08. The van der Waals surface area contributed by atoms with Crippen LogP contribution in [0, 0.1) is 11.8 Å². The number of nitrogens with one attached hydrogen (secondary N) is 1. The lowest BCUT2D eigenvalue weighted by Crippen LogP contribution is -2.44. The monoisotopic (exact) mass is 413 g/mol. The Bertz CT molecular complexity index is 527. The molecule has 0 spiro atoms. The van der Waals surface area contributed by atoms with Crippen molar-refractivity contribution in [2.24, 2.45) is 11.8 Å². The lowest BCUT2D eigenvalue weighted by atomic mass is 9.92. The summed E-state index contributed by atoms with van der Waals surface area (Å²) < 4.78 is 4.73. The summed E-state index contributed by atoms with van der Waals surface area (Å²) in [5, 5.41) is 11.7. The summed E-state index contributed by atoms with van der Waals surface area (Å²) in [7, 11) is 1.41. The SMILES string of the molecule is COCC(=O)NC(CSCC(C)C(C)CCC=C(C)CCC=C(C)C)C(=O)O. The van der Waals surface area contributed by atoms with E-state index < -0.39 is 17.9 Å². The van der Waals surface area contributed by atoms with Gasteiger partial charge >= 0.3 is 5.97 Å². The van der Waals surface area contributed by atoms with Crippen LogP contribution >= 0.6 is 11.8 Å². The summed E-state index contributed by atoms with van der Waals surface area (Å²) in [6.45, 7) is 10.8. The molecule has 0 bridgehead atoms. The zero-order chi connectivity index (χ0) is 21.5. The minimum Gasteiger partial charge on any atom is -0.480 e. The van der Waals surface area contributed by atoms with Gasteiger partial charge in [0.15, 0.2) is 0 Å². The predicted octanol–water partition coefficient (Wildman–Crippen LogP) is 4.68. The normalized spacial score (nSPS) is 14.9. The molecule has 0 aromatic carbocycles. The van der Waals surface area contributed by atoms with Gasteiger partial charge in [0.25, 0.3) is 0 Å². The fourth-order valence-electron chi connectivity index (χ4n) is 2.65. The number of hydrogen-bond acceptors (Lipinski definition) is 4. The van der Waals surface area contributed by atoms with E-state index in [0.29, 0.717) is 17.6 Å². The average Bonchev–Trinajstić information content (AvgIpc) is 2.60. The van der Waals surface area contributed by atoms with E-state index in [2.05, 4.69) is 52.1 Å². The summed E-state index contributed by atoms with van der Waals surface area (Å²) in [6, 6.07) is -0.874. The van der Waals surface area contributed by atoms with Crippen LogP contribution in [0.15, 0.2) is 23.3 Å². The van der Waals surface area contributed by atoms with Crippen molar-refractivity contribution in [3.05, 3.63) is 23.3 Å². The summed E-state index contributed by atoms with van der Waals surface area (Å²) in [5.41, 5.74) is 2.82. The van der Waals surface area contributed by atoms with Crippen LogP contribution in [0.25, 0.3) is 0 Å². The van der Waals surface area contributed by atoms with Gasteiger partial charge in [-0.15, -0.1) is 0 Å². The van der Waals surface area contributed by atoms with Gasteiger partial charge in [-0.3, -0.25) is 4.79 Å². The molecule has 5 nitrogen and oxygen atoms in total. The maximum absolute atomic E-state index is 11.5. The zero-order valence-corrected chi connectivity index (χ0v) is 19.2. The highest BCUT2D eigenvalue weighted by Crippen LogP contribution is 2.22. The molecular formula is C22H39NO4S. The second-order valence-electron chi connectivity index (χ2n) is 7.83. The lowest BCUT2D eigenvalue weighted by molar-refractivity contribution is -0.141. The van der Waals surface area contributed by atoms with Crippen molar-refractivity contribution in [3.8, 4) is 0 Å². The molecule has 0 aromatic heterocycles. The number of amides is 1. The summed E-state index contributed by atoms with van der Waals surface area (Å²) in [4.78, 5) is 22.8. The van der Waals surface area contributed by atoms with Crippen molar-refractivity contribution in [1.82, 2.24) is 5.32 Å². The molecule has 0 fully saturated rings. The van der Waals surface area contributed by atoms with Crippen molar-refractivity contribution >= 4 is 23.6 Å². The number of thioether (sulfide) groups is 1. The number of aliphatic carboxylic acids is 1. The molecule has 1 amide bonds. The van der Waals surface area contributed by atoms with Gasteiger partial charge in [-0.2, -0.15) is 11.8 Å². The molecule has 0 aromatic rings. The fourth-order valence-corrected chi connectivity index (χ4v) is 3.94. The van der Waals surface area contributed by atoms with E-state index in [1.807, 2.05) is 0 Å². The quantitative estimate of drug-likeness (QED) is 0.381. The topological polar surface area (TPSA) is 75.6 Å². The Labute approximate surface area is 175 Å². The van der Waals surface area contributed by atoms with Crippen LogP contribution in [0.2, 0.25) is 0 Å². The van der Waals surface area contributed by atoms with Crippen LogP contribution in [0.3, 0.4) is 0 Å². The number of ether oxygens (including phenoxy) is 1. The van der Waals surface area contributed by atoms with Crippen molar-refractivity contribution in [2.45, 2.75) is 66.3 Å². The molecule has 0 rings (SSSR count). The van der Waals surface area contributed by atoms with E-state index in [1.54, 1.807) is 11.8 Å². The van der Waals surface area contributed by atoms with Crippen LogP contribution in [0.4, 0.5) is 0 Å². The Balaban J connectivity index is 4.18. The van der Waals surface area contributed by atoms with E-state index in [1.165, 1.54) is 18.3 Å². The molecule has 0 aliphatic heterocycles. The maximum atomic E-state index is 11.5. The van der Waals surface area contributed by atoms with E-state index in [0.717, 1.165) is 31.4 Å². The standard InChI is InChI=1S/C22H39NO4S/c1-16(2)9-7-10-17(3)11-8-12-18(4)19(5)14-28-15-20(22(25)26)23-21(24)13-27-6/h9,11,18-20H,7-8,10,12-15H2,1-6H3,(H,23,24)(H,25,26). The number of carbonyl (C=O) groups excluding carboxylic acids is 1. The minimum atomic E-state index is -1.01. The van der Waals surface area contributed by atoms with Gasteiger partial charge in [-0.1, -0.05) is 37.1 Å². The van der Waals surface area contributed by atoms with Crippen LogP contribution in [0.1, 0.15) is 60.3 Å². The summed E-state index contributed by atoms with van der Waals surface area (Å²) in [6.07, 6.45) is 9.08. The van der Waals surface area contributed by atoms with Crippen molar-refractivity contribution in [2.75, 3.05) is 25.2 Å². The Hall–Kier alpha value is -1.27. The average molecular weight is 414 g/mol. The van der Waals surface area contributed by atoms with E-state index in [9.17, 15) is 14.7 Å². The third kappa shape index (κ3) is 13.8. The molecule has 3 unspecified atom stereocenters. The molecule has 0 saturated carbocycles. The van der Waals surface area contributed by atoms with Crippen LogP contribution in [0.5, 0.6) is 0 Å². The molecule has 0 heterocycles. The molecule has 6 heteroatoms. The molecule has 0 aliphatic rings. The first-order valence-electron chi connectivity index (χ1n) is 10.0. The highest BCUT2D eigenvalue weighted by molar-refractivity contribution is 7.99. The molecule has 28 heavy (non-hydrogen) atoms. The number of allylic oxidation sites excluding steroid dienone is 4. The highest BCUT2D eigenvalue weighted by atomic mass is 32.2. The van der Waals surface area contributed by atoms with Gasteiger partial charge in [0, 0.05) is 12.9 Å². The largest absolute Gasteiger partial charge is 0.480 e. The molecule has 3 atom stereocenters. The first-order valence-corrected chi connectivity index (χ1v) is 11.2. The van der Waals surface area contributed by atoms with Crippen molar-refractivity contribution < 1.29 is 19.4 Å². The van der Waals surface area contributed by atoms with Crippen LogP contribution in [-0.4, -0.2) is 48.2 Å². The third-order valence-electron chi connectivity index (χ3n) is 4.75. The Kier molecular flexibility index (Phi) is 14.9. The second kappa shape index (κ2) is 15.6. The van der Waals surface area contributed by atoms with Crippen LogP contribution in [-0.2, 0) is 14.3 Å². The first-order chi connectivity index (χ1) is 13.2. The van der Waals surface area contributed by atoms with Gasteiger partial charge < -0.3 is 15.2 Å². The lowest BCUT2D eigenvalue weighted by Gasteiger charge is -2.20. The van der Waals surface area contributed by atoms with Crippen LogP contribution < -0.4 is 5.32 Å². The molecule has 0 saturated heterocycles. The first kappa shape index (κ1) is 26.7. The minimum absolute atomic E-state index is 0.122. The van der Waals surface area contributed by atoms with Gasteiger partial charge in [0.1, 0.15) is 12.6 Å². The maximum Gasteiger partial charge on any atom is 0.327 e. The summed E-state index contributed by atoms with van der Waals surface area (Å²) >= 11 is 1.58. The number of rotatable bonds is 15. The Morgan fingerprint density at radius 3 is 2.32 bits per heavy atom. The number of carbonyl (C=O) groups is 2. The van der Waals surface area contributed by atoms with Crippen molar-refractivity contribution in [1.29, 1.82) is 0 Å². The van der Waals surface area contributed by atoms with E-state index >= 15 is 0 Å². The predicted molar refractivity (Wildman–Crippen MR) is 119 cm³/mol. The number of carboxylic acids is 1. The van der Waals surface area contributed by atoms with Gasteiger partial charge in [-0.25, -0.2) is 4.79 Å². The zero-order valence-electron chi connectivity index (χ0n) is 18.4. The smallest absolute Gasteiger partial charge is 0.327 e. The second-order valence-corrected chi connectivity index (χ2v) is 8.91. The van der Waals surface area contributed by atoms with Crippen molar-refractivity contribution in [3.63, 3.8) is 0 Å². The fraction of sp³-hybridized carbons (Fsp3) is 0.727. The molecule has 0 radical (unpaired) electrons. The van der Waals surface area contributed by atoms with E-state index in [4.69, 9.17) is 4.74 Å². The molecular weight excluding hydrogens is 374 g/mol. The van der Waals surface area contributed by atoms with Gasteiger partial charge in [0.05, 0.1) is 0 Å². The van der Waals surface area contributed by atoms with Gasteiger partial charge in [0.2, 0.25) is 5.91 Å². The highest BCUT2D eigenvalue weighted by Gasteiger charge is 2.21. The number of carboxylic acid groups (broad SMARTS) is 1. The number of hydrogen-bond donors (Lipinski definition) is 2. The summed E-state index contributed by atoms with van der Waals surface area (Å²) in [5.74, 6) is 0.906.